The van der Waals surface area contributed by atoms with Gasteiger partial charge in [0, 0.05) is 13.7 Å². The van der Waals surface area contributed by atoms with Crippen LogP contribution in [0.1, 0.15) is 24.0 Å². The van der Waals surface area contributed by atoms with Crippen molar-refractivity contribution in [1.82, 2.24) is 4.90 Å². The van der Waals surface area contributed by atoms with Crippen molar-refractivity contribution in [3.8, 4) is 0 Å². The molecule has 3 nitrogen and oxygen atoms in total. The van der Waals surface area contributed by atoms with Gasteiger partial charge in [0.1, 0.15) is 0 Å². The highest BCUT2D eigenvalue weighted by molar-refractivity contribution is 5.85. The van der Waals surface area contributed by atoms with Crippen LogP contribution in [-0.4, -0.2) is 31.6 Å². The van der Waals surface area contributed by atoms with Gasteiger partial charge in [0.05, 0.1) is 6.61 Å². The van der Waals surface area contributed by atoms with E-state index < -0.39 is 0 Å². The number of halogens is 1. The number of hydrogen-bond acceptors (Lipinski definition) is 3. The Kier molecular flexibility index (Phi) is 7.39. The summed E-state index contributed by atoms with van der Waals surface area (Å²) in [6, 6.07) is 8.69. The summed E-state index contributed by atoms with van der Waals surface area (Å²) in [7, 11) is 1.74. The summed E-state index contributed by atoms with van der Waals surface area (Å²) in [5.41, 5.74) is 8.36. The fourth-order valence-electron chi connectivity index (χ4n) is 2.62. The van der Waals surface area contributed by atoms with Crippen molar-refractivity contribution in [2.75, 3.05) is 26.7 Å². The maximum absolute atomic E-state index is 5.72. The van der Waals surface area contributed by atoms with Crippen LogP contribution in [0, 0.1) is 5.92 Å². The van der Waals surface area contributed by atoms with Crippen molar-refractivity contribution in [1.29, 1.82) is 0 Å². The lowest BCUT2D eigenvalue weighted by molar-refractivity contribution is 0.178. The summed E-state index contributed by atoms with van der Waals surface area (Å²) in [5.74, 6) is 0.737. The molecule has 1 aromatic rings. The van der Waals surface area contributed by atoms with E-state index in [4.69, 9.17) is 10.5 Å². The first-order valence-corrected chi connectivity index (χ1v) is 6.81. The molecule has 1 aromatic carbocycles. The van der Waals surface area contributed by atoms with E-state index in [-0.39, 0.29) is 12.4 Å². The molecule has 0 bridgehead atoms. The molecule has 2 rings (SSSR count). The van der Waals surface area contributed by atoms with E-state index >= 15 is 0 Å². The minimum atomic E-state index is 0. The minimum absolute atomic E-state index is 0. The van der Waals surface area contributed by atoms with Crippen molar-refractivity contribution in [3.05, 3.63) is 35.4 Å². The summed E-state index contributed by atoms with van der Waals surface area (Å²) in [5, 5.41) is 0. The zero-order chi connectivity index (χ0) is 12.8. The quantitative estimate of drug-likeness (QED) is 0.902. The summed E-state index contributed by atoms with van der Waals surface area (Å²) in [4.78, 5) is 2.53. The number of rotatable bonds is 5. The van der Waals surface area contributed by atoms with E-state index in [1.54, 1.807) is 7.11 Å². The van der Waals surface area contributed by atoms with Gasteiger partial charge in [-0.25, -0.2) is 0 Å². The first-order valence-electron chi connectivity index (χ1n) is 6.81. The van der Waals surface area contributed by atoms with Crippen molar-refractivity contribution in [2.45, 2.75) is 26.0 Å². The second kappa shape index (κ2) is 8.54. The van der Waals surface area contributed by atoms with Gasteiger partial charge in [0.25, 0.3) is 0 Å². The summed E-state index contributed by atoms with van der Waals surface area (Å²) in [6.07, 6.45) is 2.49. The average Bonchev–Trinajstić information content (AvgIpc) is 2.40. The Morgan fingerprint density at radius 1 is 1.26 bits per heavy atom. The lowest BCUT2D eigenvalue weighted by atomic mass is 9.97. The van der Waals surface area contributed by atoms with E-state index in [0.29, 0.717) is 6.61 Å². The van der Waals surface area contributed by atoms with Gasteiger partial charge in [-0.3, -0.25) is 4.90 Å². The molecule has 108 valence electrons. The Bertz CT molecular complexity index is 365. The van der Waals surface area contributed by atoms with Gasteiger partial charge in [-0.1, -0.05) is 24.3 Å². The van der Waals surface area contributed by atoms with Gasteiger partial charge in [0.15, 0.2) is 0 Å². The lowest BCUT2D eigenvalue weighted by Crippen LogP contribution is -2.35. The first-order chi connectivity index (χ1) is 8.81. The predicted octanol–water partition coefficient (Wildman–Crippen LogP) is 2.43. The fraction of sp³-hybridized carbons (Fsp3) is 0.600. The first kappa shape index (κ1) is 16.4. The molecule has 0 amide bonds. The molecule has 0 saturated carbocycles. The number of benzene rings is 1. The minimum Gasteiger partial charge on any atom is -0.380 e. The van der Waals surface area contributed by atoms with Gasteiger partial charge in [0.2, 0.25) is 0 Å². The standard InChI is InChI=1S/C15H24N2O.ClH/c1-18-12-15-4-2-3-14(9-15)11-17-7-5-13(10-16)6-8-17;/h2-4,9,13H,5-8,10-12,16H2,1H3;1H. The van der Waals surface area contributed by atoms with Crippen molar-refractivity contribution < 1.29 is 4.74 Å². The Morgan fingerprint density at radius 3 is 2.58 bits per heavy atom. The maximum atomic E-state index is 5.72. The zero-order valence-electron chi connectivity index (χ0n) is 11.7. The number of methoxy groups -OCH3 is 1. The van der Waals surface area contributed by atoms with Crippen molar-refractivity contribution in [3.63, 3.8) is 0 Å². The summed E-state index contributed by atoms with van der Waals surface area (Å²) < 4.78 is 5.17. The zero-order valence-corrected chi connectivity index (χ0v) is 12.5. The molecule has 0 radical (unpaired) electrons. The lowest BCUT2D eigenvalue weighted by Gasteiger charge is -2.31. The normalized spacial score (nSPS) is 17.2. The second-order valence-corrected chi connectivity index (χ2v) is 5.21. The number of hydrogen-bond donors (Lipinski definition) is 1. The number of nitrogens with two attached hydrogens (primary N) is 1. The van der Waals surface area contributed by atoms with Crippen LogP contribution in [0.4, 0.5) is 0 Å². The van der Waals surface area contributed by atoms with E-state index in [1.165, 1.54) is 37.1 Å². The number of piperidine rings is 1. The molecule has 0 spiro atoms. The van der Waals surface area contributed by atoms with Crippen LogP contribution in [0.2, 0.25) is 0 Å². The molecule has 1 saturated heterocycles. The Hall–Kier alpha value is -0.610. The van der Waals surface area contributed by atoms with Gasteiger partial charge < -0.3 is 10.5 Å². The van der Waals surface area contributed by atoms with Crippen molar-refractivity contribution >= 4 is 12.4 Å². The molecule has 0 aromatic heterocycles. The molecule has 4 heteroatoms. The Balaban J connectivity index is 0.00000180. The fourth-order valence-corrected chi connectivity index (χ4v) is 2.62. The highest BCUT2D eigenvalue weighted by Gasteiger charge is 2.17. The van der Waals surface area contributed by atoms with Crippen LogP contribution in [-0.2, 0) is 17.9 Å². The molecular formula is C15H25ClN2O. The van der Waals surface area contributed by atoms with E-state index in [2.05, 4.69) is 29.2 Å². The predicted molar refractivity (Wildman–Crippen MR) is 81.5 cm³/mol. The number of nitrogens with zero attached hydrogens (tertiary/aromatic N) is 1. The van der Waals surface area contributed by atoms with Crippen LogP contribution in [0.25, 0.3) is 0 Å². The smallest absolute Gasteiger partial charge is 0.0713 e. The molecule has 0 aliphatic carbocycles. The third-order valence-corrected chi connectivity index (χ3v) is 3.75. The molecule has 1 fully saturated rings. The van der Waals surface area contributed by atoms with Crippen molar-refractivity contribution in [2.24, 2.45) is 11.7 Å². The van der Waals surface area contributed by atoms with Crippen LogP contribution in [0.15, 0.2) is 24.3 Å². The topological polar surface area (TPSA) is 38.5 Å². The Morgan fingerprint density at radius 2 is 1.95 bits per heavy atom. The summed E-state index contributed by atoms with van der Waals surface area (Å²) >= 11 is 0. The summed E-state index contributed by atoms with van der Waals surface area (Å²) in [6.45, 7) is 4.95. The molecular weight excluding hydrogens is 260 g/mol. The van der Waals surface area contributed by atoms with Crippen LogP contribution in [0.5, 0.6) is 0 Å². The van der Waals surface area contributed by atoms with Crippen LogP contribution < -0.4 is 5.73 Å². The third kappa shape index (κ3) is 5.11. The monoisotopic (exact) mass is 284 g/mol. The van der Waals surface area contributed by atoms with Crippen LogP contribution >= 0.6 is 12.4 Å². The highest BCUT2D eigenvalue weighted by Crippen LogP contribution is 2.18. The largest absolute Gasteiger partial charge is 0.380 e. The number of ether oxygens (including phenoxy) is 1. The van der Waals surface area contributed by atoms with E-state index in [1.807, 2.05) is 0 Å². The maximum Gasteiger partial charge on any atom is 0.0713 e. The second-order valence-electron chi connectivity index (χ2n) is 5.21. The Labute approximate surface area is 122 Å². The van der Waals surface area contributed by atoms with Gasteiger partial charge in [-0.2, -0.15) is 0 Å². The van der Waals surface area contributed by atoms with Crippen LogP contribution in [0.3, 0.4) is 0 Å². The van der Waals surface area contributed by atoms with E-state index in [9.17, 15) is 0 Å². The SMILES string of the molecule is COCc1cccc(CN2CCC(CN)CC2)c1.Cl. The van der Waals surface area contributed by atoms with Gasteiger partial charge in [-0.05, 0) is 49.5 Å². The third-order valence-electron chi connectivity index (χ3n) is 3.75. The van der Waals surface area contributed by atoms with E-state index in [0.717, 1.165) is 19.0 Å². The number of likely N-dealkylation sites (tertiary alicyclic amines) is 1. The van der Waals surface area contributed by atoms with Gasteiger partial charge in [-0.15, -0.1) is 12.4 Å². The molecule has 19 heavy (non-hydrogen) atoms. The molecule has 0 unspecified atom stereocenters. The van der Waals surface area contributed by atoms with Gasteiger partial charge >= 0.3 is 0 Å². The molecule has 1 heterocycles. The highest BCUT2D eigenvalue weighted by atomic mass is 35.5. The molecule has 0 atom stereocenters. The molecule has 2 N–H and O–H groups in total. The average molecular weight is 285 g/mol. The molecule has 1 aliphatic rings. The molecule has 1 aliphatic heterocycles.